The van der Waals surface area contributed by atoms with Crippen molar-refractivity contribution in [1.29, 1.82) is 5.26 Å². The van der Waals surface area contributed by atoms with E-state index >= 15 is 0 Å². The Morgan fingerprint density at radius 3 is 2.46 bits per heavy atom. The average Bonchev–Trinajstić information content (AvgIpc) is 3.09. The number of urea groups is 1. The molecule has 3 rings (SSSR count). The van der Waals surface area contributed by atoms with Crippen molar-refractivity contribution in [2.24, 2.45) is 11.8 Å². The predicted molar refractivity (Wildman–Crippen MR) is 99.6 cm³/mol. The van der Waals surface area contributed by atoms with Gasteiger partial charge in [-0.1, -0.05) is 6.92 Å². The predicted octanol–water partition coefficient (Wildman–Crippen LogP) is 3.37. The van der Waals surface area contributed by atoms with E-state index in [2.05, 4.69) is 23.6 Å². The summed E-state index contributed by atoms with van der Waals surface area (Å²) in [5.41, 5.74) is 1.28. The first-order valence-electron chi connectivity index (χ1n) is 9.43. The molecule has 1 heterocycles. The number of benzene rings is 1. The van der Waals surface area contributed by atoms with Crippen LogP contribution < -0.4 is 10.6 Å². The van der Waals surface area contributed by atoms with Crippen LogP contribution in [0.4, 0.5) is 10.5 Å². The van der Waals surface area contributed by atoms with Crippen LogP contribution >= 0.6 is 0 Å². The number of carbonyl (C=O) groups is 2. The summed E-state index contributed by atoms with van der Waals surface area (Å²) in [6.45, 7) is 3.84. The number of hydrogen-bond acceptors (Lipinski definition) is 3. The zero-order chi connectivity index (χ0) is 18.5. The number of carbonyl (C=O) groups excluding carboxylic acids is 2. The normalized spacial score (nSPS) is 23.3. The molecule has 1 saturated carbocycles. The molecule has 1 aromatic carbocycles. The molecule has 2 unspecified atom stereocenters. The van der Waals surface area contributed by atoms with Gasteiger partial charge < -0.3 is 15.5 Å². The number of nitriles is 1. The van der Waals surface area contributed by atoms with Crippen molar-refractivity contribution in [3.8, 4) is 6.07 Å². The Kier molecular flexibility index (Phi) is 5.77. The number of nitrogens with one attached hydrogen (secondary N) is 2. The third kappa shape index (κ3) is 4.34. The van der Waals surface area contributed by atoms with Crippen LogP contribution in [0.15, 0.2) is 24.3 Å². The van der Waals surface area contributed by atoms with E-state index < -0.39 is 0 Å². The number of anilines is 1. The highest BCUT2D eigenvalue weighted by molar-refractivity contribution is 5.95. The second kappa shape index (κ2) is 8.22. The van der Waals surface area contributed by atoms with Crippen molar-refractivity contribution in [2.45, 2.75) is 45.1 Å². The summed E-state index contributed by atoms with van der Waals surface area (Å²) >= 11 is 0. The van der Waals surface area contributed by atoms with Gasteiger partial charge in [0.05, 0.1) is 12.0 Å². The van der Waals surface area contributed by atoms with Gasteiger partial charge in [-0.2, -0.15) is 5.26 Å². The van der Waals surface area contributed by atoms with E-state index in [1.807, 2.05) is 4.90 Å². The lowest BCUT2D eigenvalue weighted by Gasteiger charge is -2.30. The van der Waals surface area contributed by atoms with Crippen molar-refractivity contribution in [2.75, 3.05) is 18.4 Å². The molecule has 1 aliphatic carbocycles. The van der Waals surface area contributed by atoms with Crippen LogP contribution in [-0.2, 0) is 0 Å². The molecular formula is C20H26N4O2. The highest BCUT2D eigenvalue weighted by atomic mass is 16.2. The molecule has 2 aliphatic rings. The average molecular weight is 354 g/mol. The van der Waals surface area contributed by atoms with E-state index in [1.165, 1.54) is 0 Å². The summed E-state index contributed by atoms with van der Waals surface area (Å²) in [5.74, 6) is 0.633. The number of piperidine rings is 1. The molecule has 26 heavy (non-hydrogen) atoms. The highest BCUT2D eigenvalue weighted by Crippen LogP contribution is 2.25. The van der Waals surface area contributed by atoms with Gasteiger partial charge in [0.15, 0.2) is 0 Å². The largest absolute Gasteiger partial charge is 0.339 e. The summed E-state index contributed by atoms with van der Waals surface area (Å²) in [4.78, 5) is 26.6. The lowest BCUT2D eigenvalue weighted by atomic mass is 9.98. The molecule has 2 fully saturated rings. The van der Waals surface area contributed by atoms with Gasteiger partial charge >= 0.3 is 6.03 Å². The monoisotopic (exact) mass is 354 g/mol. The summed E-state index contributed by atoms with van der Waals surface area (Å²) < 4.78 is 0. The quantitative estimate of drug-likeness (QED) is 0.872. The molecular weight excluding hydrogens is 328 g/mol. The Hall–Kier alpha value is -2.55. The van der Waals surface area contributed by atoms with Crippen LogP contribution in [0.2, 0.25) is 0 Å². The summed E-state index contributed by atoms with van der Waals surface area (Å²) in [6, 6.07) is 8.87. The van der Waals surface area contributed by atoms with Crippen molar-refractivity contribution in [1.82, 2.24) is 10.2 Å². The van der Waals surface area contributed by atoms with Crippen LogP contribution in [0.3, 0.4) is 0 Å². The minimum atomic E-state index is -0.304. The minimum absolute atomic E-state index is 0.0516. The fraction of sp³-hybridized carbons (Fsp3) is 0.550. The molecule has 0 aromatic heterocycles. The molecule has 6 nitrogen and oxygen atoms in total. The Morgan fingerprint density at radius 1 is 1.12 bits per heavy atom. The number of likely N-dealkylation sites (tertiary alicyclic amines) is 1. The molecule has 138 valence electrons. The van der Waals surface area contributed by atoms with Crippen molar-refractivity contribution >= 4 is 17.6 Å². The second-order valence-electron chi connectivity index (χ2n) is 7.42. The Labute approximate surface area is 154 Å². The van der Waals surface area contributed by atoms with Gasteiger partial charge in [-0.3, -0.25) is 4.79 Å². The van der Waals surface area contributed by atoms with Crippen molar-refractivity contribution in [3.05, 3.63) is 29.8 Å². The van der Waals surface area contributed by atoms with Gasteiger partial charge in [0.1, 0.15) is 0 Å². The first-order chi connectivity index (χ1) is 12.6. The smallest absolute Gasteiger partial charge is 0.319 e. The van der Waals surface area contributed by atoms with Gasteiger partial charge in [0, 0.05) is 30.4 Å². The summed E-state index contributed by atoms with van der Waals surface area (Å²) in [6.07, 6.45) is 4.75. The fourth-order valence-corrected chi connectivity index (χ4v) is 3.71. The lowest BCUT2D eigenvalue weighted by molar-refractivity contribution is 0.0697. The van der Waals surface area contributed by atoms with Gasteiger partial charge in [-0.25, -0.2) is 4.79 Å². The van der Waals surface area contributed by atoms with Gasteiger partial charge in [-0.05, 0) is 62.3 Å². The summed E-state index contributed by atoms with van der Waals surface area (Å²) in [7, 11) is 0. The van der Waals surface area contributed by atoms with E-state index in [1.54, 1.807) is 24.3 Å². The Bertz CT molecular complexity index is 687. The van der Waals surface area contributed by atoms with Gasteiger partial charge in [0.25, 0.3) is 5.91 Å². The third-order valence-electron chi connectivity index (χ3n) is 5.46. The standard InChI is InChI=1S/C20H26N4O2/c1-14-9-11-24(12-10-14)19(25)15-5-7-17(8-6-15)22-20(26)23-18-4-2-3-16(18)13-21/h5-8,14,16,18H,2-4,9-12H2,1H3,(H2,22,23,26). The molecule has 6 heteroatoms. The molecule has 1 aromatic rings. The van der Waals surface area contributed by atoms with E-state index in [-0.39, 0.29) is 23.9 Å². The minimum Gasteiger partial charge on any atom is -0.339 e. The van der Waals surface area contributed by atoms with E-state index in [0.717, 1.165) is 45.2 Å². The van der Waals surface area contributed by atoms with Crippen LogP contribution in [0, 0.1) is 23.2 Å². The molecule has 2 atom stereocenters. The van der Waals surface area contributed by atoms with E-state index in [9.17, 15) is 9.59 Å². The maximum Gasteiger partial charge on any atom is 0.319 e. The number of rotatable bonds is 3. The topological polar surface area (TPSA) is 85.2 Å². The molecule has 1 saturated heterocycles. The maximum atomic E-state index is 12.5. The lowest BCUT2D eigenvalue weighted by Crippen LogP contribution is -2.39. The zero-order valence-corrected chi connectivity index (χ0v) is 15.2. The van der Waals surface area contributed by atoms with Gasteiger partial charge in [0.2, 0.25) is 0 Å². The number of amides is 3. The van der Waals surface area contributed by atoms with Crippen LogP contribution in [0.1, 0.15) is 49.4 Å². The van der Waals surface area contributed by atoms with Crippen molar-refractivity contribution in [3.63, 3.8) is 0 Å². The van der Waals surface area contributed by atoms with Crippen molar-refractivity contribution < 1.29 is 9.59 Å². The molecule has 2 N–H and O–H groups in total. The SMILES string of the molecule is CC1CCN(C(=O)c2ccc(NC(=O)NC3CCCC3C#N)cc2)CC1. The fourth-order valence-electron chi connectivity index (χ4n) is 3.71. The van der Waals surface area contributed by atoms with Crippen LogP contribution in [0.25, 0.3) is 0 Å². The van der Waals surface area contributed by atoms with E-state index in [0.29, 0.717) is 17.2 Å². The summed E-state index contributed by atoms with van der Waals surface area (Å²) in [5, 5.41) is 14.7. The molecule has 3 amide bonds. The number of nitrogens with zero attached hydrogens (tertiary/aromatic N) is 2. The number of hydrogen-bond donors (Lipinski definition) is 2. The van der Waals surface area contributed by atoms with Gasteiger partial charge in [-0.15, -0.1) is 0 Å². The maximum absolute atomic E-state index is 12.5. The van der Waals surface area contributed by atoms with Crippen LogP contribution in [-0.4, -0.2) is 36.0 Å². The molecule has 0 spiro atoms. The van der Waals surface area contributed by atoms with E-state index in [4.69, 9.17) is 5.26 Å². The van der Waals surface area contributed by atoms with Crippen LogP contribution in [0.5, 0.6) is 0 Å². The molecule has 0 radical (unpaired) electrons. The zero-order valence-electron chi connectivity index (χ0n) is 15.2. The highest BCUT2D eigenvalue weighted by Gasteiger charge is 2.28. The second-order valence-corrected chi connectivity index (χ2v) is 7.42. The Morgan fingerprint density at radius 2 is 1.81 bits per heavy atom. The first kappa shape index (κ1) is 18.2. The molecule has 0 bridgehead atoms. The third-order valence-corrected chi connectivity index (χ3v) is 5.46. The first-order valence-corrected chi connectivity index (χ1v) is 9.43. The Balaban J connectivity index is 1.53. The molecule has 1 aliphatic heterocycles.